The summed E-state index contributed by atoms with van der Waals surface area (Å²) in [4.78, 5) is 21.6. The largest absolute Gasteiger partial charge is 0.495 e. The number of nitrogens with one attached hydrogen (secondary N) is 1. The topological polar surface area (TPSA) is 111 Å². The van der Waals surface area contributed by atoms with E-state index >= 15 is 0 Å². The minimum atomic E-state index is -3.80. The average Bonchev–Trinajstić information content (AvgIpc) is 3.23. The van der Waals surface area contributed by atoms with Crippen molar-refractivity contribution in [2.75, 3.05) is 38.7 Å². The Kier molecular flexibility index (Phi) is 5.46. The molecule has 1 aliphatic heterocycles. The first kappa shape index (κ1) is 19.7. The van der Waals surface area contributed by atoms with Crippen LogP contribution in [0.1, 0.15) is 10.5 Å². The molecule has 4 rings (SSSR count). The van der Waals surface area contributed by atoms with Crippen LogP contribution in [0.4, 0.5) is 5.69 Å². The van der Waals surface area contributed by atoms with E-state index in [1.807, 2.05) is 5.38 Å². The smallest absolute Gasteiger partial charge is 0.275 e. The predicted octanol–water partition coefficient (Wildman–Crippen LogP) is 1.97. The van der Waals surface area contributed by atoms with Gasteiger partial charge in [0.05, 0.1) is 20.3 Å². The number of aromatic nitrogens is 2. The minimum absolute atomic E-state index is 0.0110. The number of anilines is 1. The molecule has 1 amide bonds. The predicted molar refractivity (Wildman–Crippen MR) is 108 cm³/mol. The number of morpholine rings is 1. The van der Waals surface area contributed by atoms with Crippen molar-refractivity contribution < 1.29 is 22.7 Å². The molecule has 11 heteroatoms. The lowest BCUT2D eigenvalue weighted by Crippen LogP contribution is -2.40. The first-order valence-corrected chi connectivity index (χ1v) is 11.1. The van der Waals surface area contributed by atoms with Crippen LogP contribution in [0.5, 0.6) is 5.75 Å². The van der Waals surface area contributed by atoms with Gasteiger partial charge in [0.1, 0.15) is 27.5 Å². The third-order valence-corrected chi connectivity index (χ3v) is 7.23. The summed E-state index contributed by atoms with van der Waals surface area (Å²) in [5, 5.41) is 5.19. The molecular formula is C18H18N4O5S2. The van der Waals surface area contributed by atoms with E-state index in [2.05, 4.69) is 15.3 Å². The molecule has 3 aromatic rings. The highest BCUT2D eigenvalue weighted by atomic mass is 32.2. The molecule has 0 unspecified atom stereocenters. The van der Waals surface area contributed by atoms with Gasteiger partial charge in [0.15, 0.2) is 0 Å². The number of nitrogens with zero attached hydrogens (tertiary/aromatic N) is 3. The Hall–Kier alpha value is -2.60. The highest BCUT2D eigenvalue weighted by Gasteiger charge is 2.29. The third-order valence-electron chi connectivity index (χ3n) is 4.49. The van der Waals surface area contributed by atoms with E-state index < -0.39 is 15.9 Å². The zero-order valence-corrected chi connectivity index (χ0v) is 17.1. The number of methoxy groups -OCH3 is 1. The van der Waals surface area contributed by atoms with Crippen LogP contribution in [0.25, 0.3) is 10.2 Å². The summed E-state index contributed by atoms with van der Waals surface area (Å²) in [6.45, 7) is 1.20. The maximum atomic E-state index is 13.1. The van der Waals surface area contributed by atoms with Gasteiger partial charge in [-0.2, -0.15) is 4.31 Å². The molecule has 29 heavy (non-hydrogen) atoms. The molecule has 1 aliphatic rings. The number of benzene rings is 1. The SMILES string of the molecule is COc1ccc(NC(=O)c2ncnc3sccc23)cc1S(=O)(=O)N1CCOCC1. The van der Waals surface area contributed by atoms with E-state index in [4.69, 9.17) is 9.47 Å². The number of hydrogen-bond donors (Lipinski definition) is 1. The van der Waals surface area contributed by atoms with Crippen LogP contribution in [0, 0.1) is 0 Å². The molecule has 152 valence electrons. The van der Waals surface area contributed by atoms with Crippen molar-refractivity contribution in [2.45, 2.75) is 4.90 Å². The van der Waals surface area contributed by atoms with Gasteiger partial charge in [-0.3, -0.25) is 4.79 Å². The second kappa shape index (κ2) is 8.03. The summed E-state index contributed by atoms with van der Waals surface area (Å²) >= 11 is 1.41. The zero-order chi connectivity index (χ0) is 20.4. The Morgan fingerprint density at radius 1 is 1.24 bits per heavy atom. The van der Waals surface area contributed by atoms with Gasteiger partial charge in [0.25, 0.3) is 5.91 Å². The zero-order valence-electron chi connectivity index (χ0n) is 15.5. The van der Waals surface area contributed by atoms with E-state index in [1.165, 1.54) is 41.2 Å². The van der Waals surface area contributed by atoms with Gasteiger partial charge in [-0.05, 0) is 29.6 Å². The molecule has 0 saturated carbocycles. The number of fused-ring (bicyclic) bond motifs is 1. The summed E-state index contributed by atoms with van der Waals surface area (Å²) in [7, 11) is -2.40. The lowest BCUT2D eigenvalue weighted by atomic mass is 10.2. The van der Waals surface area contributed by atoms with Gasteiger partial charge < -0.3 is 14.8 Å². The van der Waals surface area contributed by atoms with Crippen LogP contribution in [0.2, 0.25) is 0 Å². The standard InChI is InChI=1S/C18H18N4O5S2/c1-26-14-3-2-12(10-15(14)29(24,25)22-5-7-27-8-6-22)21-17(23)16-13-4-9-28-18(13)20-11-19-16/h2-4,9-11H,5-8H2,1H3,(H,21,23). The number of sulfonamides is 1. The summed E-state index contributed by atoms with van der Waals surface area (Å²) in [6.07, 6.45) is 1.33. The Morgan fingerprint density at radius 2 is 2.03 bits per heavy atom. The molecule has 1 aromatic carbocycles. The van der Waals surface area contributed by atoms with E-state index in [0.717, 1.165) is 0 Å². The Balaban J connectivity index is 1.66. The number of carbonyl (C=O) groups is 1. The molecule has 0 atom stereocenters. The van der Waals surface area contributed by atoms with E-state index in [9.17, 15) is 13.2 Å². The molecular weight excluding hydrogens is 416 g/mol. The van der Waals surface area contributed by atoms with Crippen LogP contribution in [0.15, 0.2) is 40.9 Å². The summed E-state index contributed by atoms with van der Waals surface area (Å²) in [5.74, 6) is -0.243. The number of rotatable bonds is 5. The highest BCUT2D eigenvalue weighted by molar-refractivity contribution is 7.89. The molecule has 0 bridgehead atoms. The minimum Gasteiger partial charge on any atom is -0.495 e. The number of ether oxygens (including phenoxy) is 2. The van der Waals surface area contributed by atoms with Gasteiger partial charge in [0, 0.05) is 24.2 Å². The third kappa shape index (κ3) is 3.81. The van der Waals surface area contributed by atoms with Gasteiger partial charge >= 0.3 is 0 Å². The quantitative estimate of drug-likeness (QED) is 0.654. The second-order valence-corrected chi connectivity index (χ2v) is 9.00. The molecule has 3 heterocycles. The van der Waals surface area contributed by atoms with Crippen molar-refractivity contribution in [3.05, 3.63) is 41.7 Å². The van der Waals surface area contributed by atoms with Crippen LogP contribution in [-0.2, 0) is 14.8 Å². The fourth-order valence-electron chi connectivity index (χ4n) is 3.04. The first-order valence-electron chi connectivity index (χ1n) is 8.76. The lowest BCUT2D eigenvalue weighted by Gasteiger charge is -2.26. The lowest BCUT2D eigenvalue weighted by molar-refractivity contribution is 0.0729. The maximum Gasteiger partial charge on any atom is 0.275 e. The van der Waals surface area contributed by atoms with Crippen molar-refractivity contribution in [3.8, 4) is 5.75 Å². The monoisotopic (exact) mass is 434 g/mol. The van der Waals surface area contributed by atoms with Crippen LogP contribution < -0.4 is 10.1 Å². The Bertz CT molecular complexity index is 1160. The van der Waals surface area contributed by atoms with Crippen molar-refractivity contribution >= 4 is 43.2 Å². The van der Waals surface area contributed by atoms with Crippen molar-refractivity contribution in [2.24, 2.45) is 0 Å². The van der Waals surface area contributed by atoms with Crippen molar-refractivity contribution in [1.82, 2.24) is 14.3 Å². The first-order chi connectivity index (χ1) is 14.0. The Morgan fingerprint density at radius 3 is 2.79 bits per heavy atom. The van der Waals surface area contributed by atoms with E-state index in [-0.39, 0.29) is 29.4 Å². The summed E-state index contributed by atoms with van der Waals surface area (Å²) < 4.78 is 38.0. The molecule has 0 aliphatic carbocycles. The Labute approximate surface area is 171 Å². The molecule has 1 fully saturated rings. The van der Waals surface area contributed by atoms with Gasteiger partial charge in [0.2, 0.25) is 10.0 Å². The van der Waals surface area contributed by atoms with Crippen LogP contribution in [0.3, 0.4) is 0 Å². The van der Waals surface area contributed by atoms with Crippen molar-refractivity contribution in [1.29, 1.82) is 0 Å². The fourth-order valence-corrected chi connectivity index (χ4v) is 5.37. The van der Waals surface area contributed by atoms with Crippen molar-refractivity contribution in [3.63, 3.8) is 0 Å². The number of thiophene rings is 1. The molecule has 9 nitrogen and oxygen atoms in total. The molecule has 2 aromatic heterocycles. The van der Waals surface area contributed by atoms with Crippen LogP contribution >= 0.6 is 11.3 Å². The highest BCUT2D eigenvalue weighted by Crippen LogP contribution is 2.30. The molecule has 0 spiro atoms. The molecule has 0 radical (unpaired) electrons. The van der Waals surface area contributed by atoms with E-state index in [0.29, 0.717) is 29.1 Å². The number of carbonyl (C=O) groups excluding carboxylic acids is 1. The summed E-state index contributed by atoms with van der Waals surface area (Å²) in [6, 6.07) is 6.27. The van der Waals surface area contributed by atoms with Gasteiger partial charge in [-0.25, -0.2) is 18.4 Å². The molecule has 1 N–H and O–H groups in total. The van der Waals surface area contributed by atoms with Gasteiger partial charge in [-0.1, -0.05) is 0 Å². The van der Waals surface area contributed by atoms with E-state index in [1.54, 1.807) is 12.1 Å². The number of hydrogen-bond acceptors (Lipinski definition) is 8. The van der Waals surface area contributed by atoms with Gasteiger partial charge in [-0.15, -0.1) is 11.3 Å². The van der Waals surface area contributed by atoms with Crippen LogP contribution in [-0.4, -0.2) is 62.0 Å². The average molecular weight is 434 g/mol. The fraction of sp³-hybridized carbons (Fsp3) is 0.278. The normalized spacial score (nSPS) is 15.3. The maximum absolute atomic E-state index is 13.1. The summed E-state index contributed by atoms with van der Waals surface area (Å²) in [5.41, 5.74) is 0.550. The molecule has 1 saturated heterocycles. The number of amides is 1. The second-order valence-electron chi connectivity index (χ2n) is 6.20.